The Morgan fingerprint density at radius 1 is 0.559 bits per heavy atom. The SMILES string of the molecule is c1ccc(-c2cc(-n3ccc4c5c6ccccc6n(-c6ccccc6)c5ccc43)cnn2)cc1. The minimum atomic E-state index is 0.863. The van der Waals surface area contributed by atoms with Crippen molar-refractivity contribution < 1.29 is 0 Å². The van der Waals surface area contributed by atoms with Crippen LogP contribution in [0.4, 0.5) is 0 Å². The Bertz CT molecular complexity index is 1790. The number of hydrogen-bond acceptors (Lipinski definition) is 2. The molecule has 3 aromatic heterocycles. The lowest BCUT2D eigenvalue weighted by Gasteiger charge is -2.09. The number of benzene rings is 4. The van der Waals surface area contributed by atoms with Crippen molar-refractivity contribution in [2.45, 2.75) is 0 Å². The van der Waals surface area contributed by atoms with Gasteiger partial charge in [0.1, 0.15) is 0 Å². The lowest BCUT2D eigenvalue weighted by molar-refractivity contribution is 0.996. The quantitative estimate of drug-likeness (QED) is 0.294. The van der Waals surface area contributed by atoms with Crippen LogP contribution in [0.1, 0.15) is 0 Å². The van der Waals surface area contributed by atoms with E-state index in [1.807, 2.05) is 24.4 Å². The zero-order valence-electron chi connectivity index (χ0n) is 18.3. The van der Waals surface area contributed by atoms with Crippen LogP contribution in [-0.4, -0.2) is 19.3 Å². The molecular formula is C30H20N4. The van der Waals surface area contributed by atoms with Crippen molar-refractivity contribution >= 4 is 32.7 Å². The van der Waals surface area contributed by atoms with Crippen molar-refractivity contribution in [1.29, 1.82) is 0 Å². The summed E-state index contributed by atoms with van der Waals surface area (Å²) < 4.78 is 4.55. The molecule has 0 aliphatic heterocycles. The molecule has 0 aliphatic carbocycles. The first-order chi connectivity index (χ1) is 16.9. The van der Waals surface area contributed by atoms with Gasteiger partial charge >= 0.3 is 0 Å². The Morgan fingerprint density at radius 3 is 2.12 bits per heavy atom. The Kier molecular flexibility index (Phi) is 4.11. The number of aromatic nitrogens is 4. The van der Waals surface area contributed by atoms with E-state index in [0.29, 0.717) is 0 Å². The predicted octanol–water partition coefficient (Wildman–Crippen LogP) is 7.18. The zero-order valence-corrected chi connectivity index (χ0v) is 18.3. The first-order valence-corrected chi connectivity index (χ1v) is 11.4. The molecule has 0 spiro atoms. The van der Waals surface area contributed by atoms with Crippen LogP contribution in [0.5, 0.6) is 0 Å². The molecule has 0 saturated carbocycles. The van der Waals surface area contributed by atoms with Gasteiger partial charge in [-0.25, -0.2) is 0 Å². The normalized spacial score (nSPS) is 11.5. The number of fused-ring (bicyclic) bond motifs is 5. The fourth-order valence-electron chi connectivity index (χ4n) is 5.00. The molecule has 0 atom stereocenters. The number of rotatable bonds is 3. The van der Waals surface area contributed by atoms with Crippen LogP contribution in [0.3, 0.4) is 0 Å². The van der Waals surface area contributed by atoms with Gasteiger partial charge < -0.3 is 9.13 Å². The molecule has 0 fully saturated rings. The smallest absolute Gasteiger partial charge is 0.0950 e. The van der Waals surface area contributed by atoms with E-state index in [1.54, 1.807) is 0 Å². The Balaban J connectivity index is 1.49. The topological polar surface area (TPSA) is 35.6 Å². The average molecular weight is 437 g/mol. The molecule has 0 N–H and O–H groups in total. The minimum Gasteiger partial charge on any atom is -0.315 e. The van der Waals surface area contributed by atoms with Crippen molar-refractivity contribution in [3.05, 3.63) is 122 Å². The van der Waals surface area contributed by atoms with Crippen LogP contribution in [0.25, 0.3) is 55.3 Å². The summed E-state index contributed by atoms with van der Waals surface area (Å²) in [6.45, 7) is 0. The van der Waals surface area contributed by atoms with E-state index in [4.69, 9.17) is 0 Å². The third-order valence-electron chi connectivity index (χ3n) is 6.51. The molecular weight excluding hydrogens is 416 g/mol. The molecule has 34 heavy (non-hydrogen) atoms. The molecule has 0 radical (unpaired) electrons. The lowest BCUT2D eigenvalue weighted by Crippen LogP contribution is -1.96. The van der Waals surface area contributed by atoms with Crippen LogP contribution in [0.15, 0.2) is 122 Å². The van der Waals surface area contributed by atoms with Gasteiger partial charge in [-0.1, -0.05) is 66.7 Å². The van der Waals surface area contributed by atoms with Gasteiger partial charge in [-0.3, -0.25) is 0 Å². The highest BCUT2D eigenvalue weighted by Crippen LogP contribution is 2.37. The van der Waals surface area contributed by atoms with Gasteiger partial charge in [0.05, 0.1) is 34.1 Å². The van der Waals surface area contributed by atoms with Crippen molar-refractivity contribution in [3.8, 4) is 22.6 Å². The second kappa shape index (κ2) is 7.42. The second-order valence-electron chi connectivity index (χ2n) is 8.43. The van der Waals surface area contributed by atoms with Crippen molar-refractivity contribution in [3.63, 3.8) is 0 Å². The van der Waals surface area contributed by atoms with Crippen LogP contribution in [-0.2, 0) is 0 Å². The van der Waals surface area contributed by atoms with E-state index in [1.165, 1.54) is 32.9 Å². The standard InChI is InChI=1S/C30H20N4/c1-3-9-21(10-4-1)26-19-23(20-31-32-26)33-18-17-25-27(33)15-16-29-30(25)24-13-7-8-14-28(24)34(29)22-11-5-2-6-12-22/h1-20H. The van der Waals surface area contributed by atoms with Crippen molar-refractivity contribution in [1.82, 2.24) is 19.3 Å². The maximum atomic E-state index is 4.36. The molecule has 0 unspecified atom stereocenters. The van der Waals surface area contributed by atoms with E-state index in [2.05, 4.69) is 117 Å². The summed E-state index contributed by atoms with van der Waals surface area (Å²) in [6.07, 6.45) is 3.95. The first-order valence-electron chi connectivity index (χ1n) is 11.4. The van der Waals surface area contributed by atoms with Gasteiger partial charge in [0, 0.05) is 33.6 Å². The van der Waals surface area contributed by atoms with E-state index in [9.17, 15) is 0 Å². The third-order valence-corrected chi connectivity index (χ3v) is 6.51. The van der Waals surface area contributed by atoms with E-state index in [0.717, 1.165) is 22.5 Å². The summed E-state index contributed by atoms with van der Waals surface area (Å²) in [5.74, 6) is 0. The third kappa shape index (κ3) is 2.79. The summed E-state index contributed by atoms with van der Waals surface area (Å²) in [6, 6.07) is 38.1. The number of nitrogens with zero attached hydrogens (tertiary/aromatic N) is 4. The maximum absolute atomic E-state index is 4.36. The second-order valence-corrected chi connectivity index (χ2v) is 8.43. The zero-order chi connectivity index (χ0) is 22.5. The largest absolute Gasteiger partial charge is 0.315 e. The van der Waals surface area contributed by atoms with E-state index >= 15 is 0 Å². The molecule has 7 rings (SSSR count). The first kappa shape index (κ1) is 18.8. The van der Waals surface area contributed by atoms with Gasteiger partial charge in [-0.05, 0) is 42.5 Å². The van der Waals surface area contributed by atoms with Crippen LogP contribution < -0.4 is 0 Å². The number of hydrogen-bond donors (Lipinski definition) is 0. The van der Waals surface area contributed by atoms with E-state index < -0.39 is 0 Å². The summed E-state index contributed by atoms with van der Waals surface area (Å²) in [7, 11) is 0. The monoisotopic (exact) mass is 436 g/mol. The van der Waals surface area contributed by atoms with Crippen LogP contribution >= 0.6 is 0 Å². The summed E-state index contributed by atoms with van der Waals surface area (Å²) in [4.78, 5) is 0. The summed E-state index contributed by atoms with van der Waals surface area (Å²) in [5.41, 5.74) is 7.64. The molecule has 4 aromatic carbocycles. The predicted molar refractivity (Wildman–Crippen MR) is 139 cm³/mol. The summed E-state index contributed by atoms with van der Waals surface area (Å²) >= 11 is 0. The van der Waals surface area contributed by atoms with Crippen LogP contribution in [0, 0.1) is 0 Å². The van der Waals surface area contributed by atoms with Gasteiger partial charge in [0.15, 0.2) is 0 Å². The fourth-order valence-corrected chi connectivity index (χ4v) is 5.00. The van der Waals surface area contributed by atoms with E-state index in [-0.39, 0.29) is 0 Å². The molecule has 0 aliphatic rings. The van der Waals surface area contributed by atoms with Gasteiger partial charge in [0.2, 0.25) is 0 Å². The van der Waals surface area contributed by atoms with Crippen molar-refractivity contribution in [2.75, 3.05) is 0 Å². The highest BCUT2D eigenvalue weighted by Gasteiger charge is 2.16. The van der Waals surface area contributed by atoms with Gasteiger partial charge in [0.25, 0.3) is 0 Å². The molecule has 0 amide bonds. The minimum absolute atomic E-state index is 0.863. The molecule has 7 aromatic rings. The molecule has 4 heteroatoms. The fraction of sp³-hybridized carbons (Fsp3) is 0. The van der Waals surface area contributed by atoms with Crippen LogP contribution in [0.2, 0.25) is 0 Å². The van der Waals surface area contributed by atoms with Gasteiger partial charge in [-0.2, -0.15) is 10.2 Å². The van der Waals surface area contributed by atoms with Crippen molar-refractivity contribution in [2.24, 2.45) is 0 Å². The Morgan fingerprint density at radius 2 is 1.26 bits per heavy atom. The average Bonchev–Trinajstić information content (AvgIpc) is 3.49. The summed E-state index contributed by atoms with van der Waals surface area (Å²) in [5, 5.41) is 12.4. The molecule has 160 valence electrons. The lowest BCUT2D eigenvalue weighted by atomic mass is 10.1. The maximum Gasteiger partial charge on any atom is 0.0950 e. The molecule has 0 bridgehead atoms. The Hall–Kier alpha value is -4.70. The molecule has 4 nitrogen and oxygen atoms in total. The highest BCUT2D eigenvalue weighted by molar-refractivity contribution is 6.21. The molecule has 0 saturated heterocycles. The molecule has 3 heterocycles. The van der Waals surface area contributed by atoms with Gasteiger partial charge in [-0.15, -0.1) is 0 Å². The highest BCUT2D eigenvalue weighted by atomic mass is 15.1. The number of para-hydroxylation sites is 2. The Labute approximate surface area is 196 Å².